The highest BCUT2D eigenvalue weighted by Gasteiger charge is 1.96. The minimum absolute atomic E-state index is 0. The third kappa shape index (κ3) is 2.94. The molecule has 13 heavy (non-hydrogen) atoms. The van der Waals surface area contributed by atoms with Crippen LogP contribution in [0.3, 0.4) is 0 Å². The fourth-order valence-electron chi connectivity index (χ4n) is 1.13. The average Bonchev–Trinajstić information content (AvgIpc) is 2.09. The average molecular weight is 178 g/mol. The highest BCUT2D eigenvalue weighted by Crippen LogP contribution is 2.19. The molecule has 1 rings (SSSR count). The first kappa shape index (κ1) is 11.8. The lowest BCUT2D eigenvalue weighted by Crippen LogP contribution is -1.86. The Morgan fingerprint density at radius 3 is 2.54 bits per heavy atom. The Morgan fingerprint density at radius 2 is 2.00 bits per heavy atom. The molecule has 0 fully saturated rings. The Hall–Kier alpha value is -1.24. The molecule has 0 atom stereocenters. The van der Waals surface area contributed by atoms with Crippen molar-refractivity contribution in [3.05, 3.63) is 35.4 Å². The second-order valence-corrected chi connectivity index (χ2v) is 2.73. The first-order valence-corrected chi connectivity index (χ1v) is 4.05. The molecular weight excluding hydrogens is 160 g/mol. The number of hydrogen-bond acceptors (Lipinski definition) is 1. The molecule has 0 amide bonds. The van der Waals surface area contributed by atoms with Crippen LogP contribution in [0.1, 0.15) is 25.5 Å². The molecule has 0 N–H and O–H groups in total. The zero-order valence-electron chi connectivity index (χ0n) is 7.79. The highest BCUT2D eigenvalue weighted by molar-refractivity contribution is 5.53. The Labute approximate surface area is 81.1 Å². The molecule has 0 radical (unpaired) electrons. The summed E-state index contributed by atoms with van der Waals surface area (Å²) in [6, 6.07) is 6.18. The van der Waals surface area contributed by atoms with Crippen molar-refractivity contribution in [2.75, 3.05) is 7.11 Å². The van der Waals surface area contributed by atoms with Gasteiger partial charge in [0.1, 0.15) is 5.75 Å². The van der Waals surface area contributed by atoms with Gasteiger partial charge < -0.3 is 4.74 Å². The summed E-state index contributed by atoms with van der Waals surface area (Å²) < 4.78 is 5.20. The van der Waals surface area contributed by atoms with E-state index >= 15 is 0 Å². The summed E-state index contributed by atoms with van der Waals surface area (Å²) in [5.74, 6) is 0.950. The lowest BCUT2D eigenvalue weighted by Gasteiger charge is -2.04. The molecule has 0 heterocycles. The van der Waals surface area contributed by atoms with Gasteiger partial charge in [-0.15, -0.1) is 0 Å². The summed E-state index contributed by atoms with van der Waals surface area (Å²) in [5, 5.41) is 0. The standard InChI is InChI=1S/C11H14O.CH4/c1-4-5-10-7-6-9(2)11(8-10)12-3;/h4-8H,1-3H3;1H4/b5-4+;. The second kappa shape index (κ2) is 5.41. The molecule has 0 saturated carbocycles. The Balaban J connectivity index is 0.00000144. The quantitative estimate of drug-likeness (QED) is 0.671. The number of aryl methyl sites for hydroxylation is 1. The smallest absolute Gasteiger partial charge is 0.122 e. The molecule has 0 aliphatic rings. The van der Waals surface area contributed by atoms with E-state index in [1.807, 2.05) is 26.0 Å². The summed E-state index contributed by atoms with van der Waals surface area (Å²) in [7, 11) is 1.70. The minimum atomic E-state index is 0. The van der Waals surface area contributed by atoms with Crippen molar-refractivity contribution < 1.29 is 4.74 Å². The van der Waals surface area contributed by atoms with Crippen LogP contribution in [0.4, 0.5) is 0 Å². The third-order valence-corrected chi connectivity index (χ3v) is 1.79. The van der Waals surface area contributed by atoms with E-state index < -0.39 is 0 Å². The summed E-state index contributed by atoms with van der Waals surface area (Å²) in [6.07, 6.45) is 4.08. The van der Waals surface area contributed by atoms with Crippen LogP contribution in [-0.4, -0.2) is 7.11 Å². The Morgan fingerprint density at radius 1 is 1.31 bits per heavy atom. The summed E-state index contributed by atoms with van der Waals surface area (Å²) in [4.78, 5) is 0. The van der Waals surface area contributed by atoms with E-state index in [0.717, 1.165) is 5.75 Å². The molecule has 1 aromatic rings. The molecular formula is C12H18O. The SMILES string of the molecule is C.C/C=C/c1ccc(C)c(OC)c1. The largest absolute Gasteiger partial charge is 0.496 e. The van der Waals surface area contributed by atoms with E-state index in [2.05, 4.69) is 18.2 Å². The molecule has 0 aliphatic carbocycles. The van der Waals surface area contributed by atoms with Gasteiger partial charge in [0, 0.05) is 0 Å². The van der Waals surface area contributed by atoms with Gasteiger partial charge in [-0.05, 0) is 31.0 Å². The zero-order chi connectivity index (χ0) is 8.97. The molecule has 0 spiro atoms. The maximum atomic E-state index is 5.20. The van der Waals surface area contributed by atoms with Gasteiger partial charge >= 0.3 is 0 Å². The van der Waals surface area contributed by atoms with Crippen molar-refractivity contribution in [2.45, 2.75) is 21.3 Å². The van der Waals surface area contributed by atoms with E-state index in [1.54, 1.807) is 7.11 Å². The lowest BCUT2D eigenvalue weighted by molar-refractivity contribution is 0.411. The van der Waals surface area contributed by atoms with Crippen molar-refractivity contribution in [1.29, 1.82) is 0 Å². The molecule has 72 valence electrons. The van der Waals surface area contributed by atoms with Gasteiger partial charge in [0.2, 0.25) is 0 Å². The number of ether oxygens (including phenoxy) is 1. The molecule has 1 heteroatoms. The van der Waals surface area contributed by atoms with Gasteiger partial charge in [0.25, 0.3) is 0 Å². The van der Waals surface area contributed by atoms with Gasteiger partial charge in [-0.1, -0.05) is 31.7 Å². The van der Waals surface area contributed by atoms with Crippen molar-refractivity contribution >= 4 is 6.08 Å². The maximum Gasteiger partial charge on any atom is 0.122 e. The van der Waals surface area contributed by atoms with Crippen LogP contribution in [0.25, 0.3) is 6.08 Å². The van der Waals surface area contributed by atoms with E-state index in [0.29, 0.717) is 0 Å². The first-order chi connectivity index (χ1) is 5.77. The van der Waals surface area contributed by atoms with Crippen molar-refractivity contribution in [1.82, 2.24) is 0 Å². The highest BCUT2D eigenvalue weighted by atomic mass is 16.5. The van der Waals surface area contributed by atoms with Crippen molar-refractivity contribution in [3.63, 3.8) is 0 Å². The van der Waals surface area contributed by atoms with Crippen molar-refractivity contribution in [3.8, 4) is 5.75 Å². The maximum absolute atomic E-state index is 5.20. The number of rotatable bonds is 2. The molecule has 0 aliphatic heterocycles. The van der Waals surface area contributed by atoms with Crippen LogP contribution in [0.5, 0.6) is 5.75 Å². The van der Waals surface area contributed by atoms with Gasteiger partial charge in [-0.25, -0.2) is 0 Å². The van der Waals surface area contributed by atoms with Crippen LogP contribution >= 0.6 is 0 Å². The van der Waals surface area contributed by atoms with Crippen LogP contribution < -0.4 is 4.74 Å². The van der Waals surface area contributed by atoms with Gasteiger partial charge in [0.05, 0.1) is 7.11 Å². The number of methoxy groups -OCH3 is 1. The topological polar surface area (TPSA) is 9.23 Å². The molecule has 1 aromatic carbocycles. The molecule has 1 nitrogen and oxygen atoms in total. The van der Waals surface area contributed by atoms with Crippen LogP contribution in [0.2, 0.25) is 0 Å². The van der Waals surface area contributed by atoms with Crippen molar-refractivity contribution in [2.24, 2.45) is 0 Å². The summed E-state index contributed by atoms with van der Waals surface area (Å²) >= 11 is 0. The van der Waals surface area contributed by atoms with Gasteiger partial charge in [-0.3, -0.25) is 0 Å². The van der Waals surface area contributed by atoms with Crippen LogP contribution in [0.15, 0.2) is 24.3 Å². The third-order valence-electron chi connectivity index (χ3n) is 1.79. The Kier molecular flexibility index (Phi) is 4.90. The van der Waals surface area contributed by atoms with Gasteiger partial charge in [0.15, 0.2) is 0 Å². The fourth-order valence-corrected chi connectivity index (χ4v) is 1.13. The monoisotopic (exact) mass is 178 g/mol. The predicted octanol–water partition coefficient (Wildman–Crippen LogP) is 3.67. The van der Waals surface area contributed by atoms with E-state index in [4.69, 9.17) is 4.74 Å². The summed E-state index contributed by atoms with van der Waals surface area (Å²) in [6.45, 7) is 4.05. The number of hydrogen-bond donors (Lipinski definition) is 0. The molecule has 0 unspecified atom stereocenters. The lowest BCUT2D eigenvalue weighted by atomic mass is 10.1. The second-order valence-electron chi connectivity index (χ2n) is 2.73. The van der Waals surface area contributed by atoms with E-state index in [-0.39, 0.29) is 7.43 Å². The fraction of sp³-hybridized carbons (Fsp3) is 0.333. The zero-order valence-corrected chi connectivity index (χ0v) is 7.79. The Bertz CT molecular complexity index is 287. The minimum Gasteiger partial charge on any atom is -0.496 e. The summed E-state index contributed by atoms with van der Waals surface area (Å²) in [5.41, 5.74) is 2.35. The molecule has 0 aromatic heterocycles. The first-order valence-electron chi connectivity index (χ1n) is 4.05. The normalized spacial score (nSPS) is 9.77. The number of benzene rings is 1. The van der Waals surface area contributed by atoms with Gasteiger partial charge in [-0.2, -0.15) is 0 Å². The van der Waals surface area contributed by atoms with Crippen LogP contribution in [0, 0.1) is 6.92 Å². The van der Waals surface area contributed by atoms with E-state index in [9.17, 15) is 0 Å². The van der Waals surface area contributed by atoms with Crippen LogP contribution in [-0.2, 0) is 0 Å². The molecule has 0 bridgehead atoms. The number of allylic oxidation sites excluding steroid dienone is 1. The predicted molar refractivity (Wildman–Crippen MR) is 59.2 cm³/mol. The molecule has 0 saturated heterocycles. The van der Waals surface area contributed by atoms with E-state index in [1.165, 1.54) is 11.1 Å².